The Labute approximate surface area is 169 Å². The van der Waals surface area contributed by atoms with Crippen molar-refractivity contribution >= 4 is 22.0 Å². The molecule has 0 bridgehead atoms. The Morgan fingerprint density at radius 3 is 2.37 bits per heavy atom. The molecule has 0 saturated carbocycles. The van der Waals surface area contributed by atoms with E-state index < -0.39 is 11.1 Å². The van der Waals surface area contributed by atoms with Crippen molar-refractivity contribution < 1.29 is 9.53 Å². The number of nitrogens with two attached hydrogens (primary N) is 1. The van der Waals surface area contributed by atoms with Crippen LogP contribution >= 0.6 is 15.9 Å². The molecule has 0 aromatic heterocycles. The van der Waals surface area contributed by atoms with Crippen molar-refractivity contribution in [1.82, 2.24) is 4.90 Å². The van der Waals surface area contributed by atoms with Crippen LogP contribution in [0.2, 0.25) is 0 Å². The topological polar surface area (TPSA) is 55.6 Å². The van der Waals surface area contributed by atoms with Gasteiger partial charge in [0, 0.05) is 29.4 Å². The molecule has 2 aromatic carbocycles. The normalized spacial score (nSPS) is 21.7. The SMILES string of the molecule is C[C@@H](c1ccc(Br)cc1)N1CC[C@](CC(C)(C)N)(c2ccccc2)OC1=O. The van der Waals surface area contributed by atoms with Crippen molar-refractivity contribution in [2.45, 2.75) is 50.8 Å². The highest BCUT2D eigenvalue weighted by Crippen LogP contribution is 2.41. The zero-order valence-electron chi connectivity index (χ0n) is 16.1. The van der Waals surface area contributed by atoms with Gasteiger partial charge in [0.25, 0.3) is 0 Å². The second-order valence-electron chi connectivity index (χ2n) is 8.06. The van der Waals surface area contributed by atoms with Gasteiger partial charge in [-0.2, -0.15) is 0 Å². The van der Waals surface area contributed by atoms with E-state index in [2.05, 4.69) is 15.9 Å². The quantitative estimate of drug-likeness (QED) is 0.692. The number of halogens is 1. The largest absolute Gasteiger partial charge is 0.438 e. The number of amides is 1. The number of hydrogen-bond acceptors (Lipinski definition) is 3. The van der Waals surface area contributed by atoms with Crippen molar-refractivity contribution in [3.8, 4) is 0 Å². The molecular weight excluding hydrogens is 404 g/mol. The Kier molecular flexibility index (Phi) is 5.63. The number of rotatable bonds is 5. The van der Waals surface area contributed by atoms with Gasteiger partial charge in [0.15, 0.2) is 0 Å². The molecule has 2 atom stereocenters. The number of carbonyl (C=O) groups excluding carboxylic acids is 1. The van der Waals surface area contributed by atoms with E-state index in [-0.39, 0.29) is 12.1 Å². The van der Waals surface area contributed by atoms with Crippen molar-refractivity contribution in [2.75, 3.05) is 6.54 Å². The van der Waals surface area contributed by atoms with Crippen LogP contribution in [-0.2, 0) is 10.3 Å². The van der Waals surface area contributed by atoms with Crippen LogP contribution in [0.1, 0.15) is 50.8 Å². The van der Waals surface area contributed by atoms with Gasteiger partial charge in [-0.25, -0.2) is 4.79 Å². The second-order valence-corrected chi connectivity index (χ2v) is 8.98. The molecule has 5 heteroatoms. The molecule has 4 nitrogen and oxygen atoms in total. The van der Waals surface area contributed by atoms with Crippen LogP contribution in [0.25, 0.3) is 0 Å². The lowest BCUT2D eigenvalue weighted by molar-refractivity contribution is -0.0738. The summed E-state index contributed by atoms with van der Waals surface area (Å²) in [5, 5.41) is 0. The first-order valence-electron chi connectivity index (χ1n) is 9.30. The number of hydrogen-bond donors (Lipinski definition) is 1. The van der Waals surface area contributed by atoms with Gasteiger partial charge >= 0.3 is 6.09 Å². The summed E-state index contributed by atoms with van der Waals surface area (Å²) in [6.07, 6.45) is 1.00. The smallest absolute Gasteiger partial charge is 0.411 e. The van der Waals surface area contributed by atoms with E-state index in [1.54, 1.807) is 4.90 Å². The Morgan fingerprint density at radius 1 is 1.19 bits per heavy atom. The first kappa shape index (κ1) is 19.9. The molecule has 0 unspecified atom stereocenters. The molecule has 144 valence electrons. The van der Waals surface area contributed by atoms with Crippen molar-refractivity contribution in [1.29, 1.82) is 0 Å². The second kappa shape index (κ2) is 7.64. The minimum absolute atomic E-state index is 0.0507. The Bertz CT molecular complexity index is 786. The van der Waals surface area contributed by atoms with Crippen molar-refractivity contribution in [3.63, 3.8) is 0 Å². The molecule has 1 saturated heterocycles. The van der Waals surface area contributed by atoms with Gasteiger partial charge in [-0.3, -0.25) is 0 Å². The van der Waals surface area contributed by atoms with Crippen LogP contribution in [0.4, 0.5) is 4.79 Å². The highest BCUT2D eigenvalue weighted by Gasteiger charge is 2.45. The number of ether oxygens (including phenoxy) is 1. The molecule has 0 spiro atoms. The van der Waals surface area contributed by atoms with E-state index in [1.165, 1.54) is 0 Å². The average Bonchev–Trinajstić information content (AvgIpc) is 2.61. The van der Waals surface area contributed by atoms with Crippen LogP contribution in [0.5, 0.6) is 0 Å². The predicted octanol–water partition coefficient (Wildman–Crippen LogP) is 5.38. The van der Waals surface area contributed by atoms with Gasteiger partial charge in [-0.1, -0.05) is 58.4 Å². The fourth-order valence-corrected chi connectivity index (χ4v) is 4.11. The summed E-state index contributed by atoms with van der Waals surface area (Å²) in [7, 11) is 0. The lowest BCUT2D eigenvalue weighted by Gasteiger charge is -2.45. The highest BCUT2D eigenvalue weighted by atomic mass is 79.9. The molecule has 1 fully saturated rings. The number of benzene rings is 2. The number of carbonyl (C=O) groups is 1. The summed E-state index contributed by atoms with van der Waals surface area (Å²) < 4.78 is 7.13. The number of cyclic esters (lactones) is 1. The molecule has 0 radical (unpaired) electrons. The van der Waals surface area contributed by atoms with Crippen molar-refractivity contribution in [2.24, 2.45) is 5.73 Å². The maximum Gasteiger partial charge on any atom is 0.411 e. The first-order chi connectivity index (χ1) is 12.7. The maximum atomic E-state index is 13.0. The summed E-state index contributed by atoms with van der Waals surface area (Å²) >= 11 is 3.45. The fraction of sp³-hybridized carbons (Fsp3) is 0.409. The molecule has 27 heavy (non-hydrogen) atoms. The molecule has 1 amide bonds. The monoisotopic (exact) mass is 430 g/mol. The Hall–Kier alpha value is -1.85. The lowest BCUT2D eigenvalue weighted by atomic mass is 9.79. The van der Waals surface area contributed by atoms with E-state index in [0.717, 1.165) is 15.6 Å². The molecule has 1 aliphatic rings. The van der Waals surface area contributed by atoms with Crippen LogP contribution in [0.15, 0.2) is 59.1 Å². The molecular formula is C22H27BrN2O2. The third-order valence-electron chi connectivity index (χ3n) is 5.13. The van der Waals surface area contributed by atoms with Gasteiger partial charge in [0.2, 0.25) is 0 Å². The summed E-state index contributed by atoms with van der Waals surface area (Å²) in [5.74, 6) is 0. The number of nitrogens with zero attached hydrogens (tertiary/aromatic N) is 1. The fourth-order valence-electron chi connectivity index (χ4n) is 3.85. The third-order valence-corrected chi connectivity index (χ3v) is 5.66. The summed E-state index contributed by atoms with van der Waals surface area (Å²) in [4.78, 5) is 14.8. The van der Waals surface area contributed by atoms with E-state index in [0.29, 0.717) is 19.4 Å². The molecule has 2 aromatic rings. The molecule has 0 aliphatic carbocycles. The molecule has 2 N–H and O–H groups in total. The first-order valence-corrected chi connectivity index (χ1v) is 10.1. The lowest BCUT2D eigenvalue weighted by Crippen LogP contribution is -2.52. The zero-order chi connectivity index (χ0) is 19.7. The summed E-state index contributed by atoms with van der Waals surface area (Å²) in [6, 6.07) is 18.0. The molecule has 1 aliphatic heterocycles. The van der Waals surface area contributed by atoms with Crippen LogP contribution < -0.4 is 5.73 Å². The highest BCUT2D eigenvalue weighted by molar-refractivity contribution is 9.10. The van der Waals surface area contributed by atoms with Crippen LogP contribution in [0.3, 0.4) is 0 Å². The van der Waals surface area contributed by atoms with Gasteiger partial charge in [-0.15, -0.1) is 0 Å². The van der Waals surface area contributed by atoms with E-state index >= 15 is 0 Å². The maximum absolute atomic E-state index is 13.0. The van der Waals surface area contributed by atoms with E-state index in [4.69, 9.17) is 10.5 Å². The van der Waals surface area contributed by atoms with Gasteiger partial charge in [-0.05, 0) is 44.0 Å². The minimum atomic E-state index is -0.688. The zero-order valence-corrected chi connectivity index (χ0v) is 17.7. The van der Waals surface area contributed by atoms with Gasteiger partial charge < -0.3 is 15.4 Å². The van der Waals surface area contributed by atoms with Crippen LogP contribution in [-0.4, -0.2) is 23.1 Å². The van der Waals surface area contributed by atoms with Gasteiger partial charge in [0.05, 0.1) is 6.04 Å². The predicted molar refractivity (Wildman–Crippen MR) is 111 cm³/mol. The van der Waals surface area contributed by atoms with Gasteiger partial charge in [0.1, 0.15) is 5.60 Å². The molecule has 1 heterocycles. The standard InChI is InChI=1S/C22H27BrN2O2/c1-16(17-9-11-19(23)12-10-17)25-14-13-22(27-20(25)26,15-21(2,3)24)18-7-5-4-6-8-18/h4-12,16H,13-15,24H2,1-3H3/t16-,22-/m0/s1. The van der Waals surface area contributed by atoms with E-state index in [1.807, 2.05) is 75.4 Å². The Balaban J connectivity index is 1.85. The van der Waals surface area contributed by atoms with Crippen molar-refractivity contribution in [3.05, 3.63) is 70.2 Å². The minimum Gasteiger partial charge on any atom is -0.438 e. The van der Waals surface area contributed by atoms with Crippen LogP contribution in [0, 0.1) is 0 Å². The third kappa shape index (κ3) is 4.53. The Morgan fingerprint density at radius 2 is 1.81 bits per heavy atom. The average molecular weight is 431 g/mol. The summed E-state index contributed by atoms with van der Waals surface area (Å²) in [6.45, 7) is 6.61. The summed E-state index contributed by atoms with van der Waals surface area (Å²) in [5.41, 5.74) is 7.28. The molecule has 3 rings (SSSR count). The van der Waals surface area contributed by atoms with E-state index in [9.17, 15) is 4.79 Å².